The van der Waals surface area contributed by atoms with Crippen LogP contribution in [0.3, 0.4) is 0 Å². The van der Waals surface area contributed by atoms with Crippen molar-refractivity contribution in [2.24, 2.45) is 17.8 Å². The maximum atomic E-state index is 11.9. The minimum atomic E-state index is -0.337. The van der Waals surface area contributed by atoms with Crippen molar-refractivity contribution in [3.05, 3.63) is 0 Å². The molecule has 0 aliphatic carbocycles. The molecule has 0 fully saturated rings. The molecule has 0 N–H and O–H groups in total. The first-order chi connectivity index (χ1) is 7.14. The lowest BCUT2D eigenvalue weighted by molar-refractivity contribution is -0.162. The first-order valence-corrected chi connectivity index (χ1v) is 6.37. The van der Waals surface area contributed by atoms with Crippen LogP contribution >= 0.6 is 0 Å². The quantitative estimate of drug-likeness (QED) is 0.641. The van der Waals surface area contributed by atoms with Crippen LogP contribution in [0.15, 0.2) is 0 Å². The summed E-state index contributed by atoms with van der Waals surface area (Å²) in [6, 6.07) is 0. The first kappa shape index (κ1) is 15.5. The molecule has 0 aliphatic rings. The van der Waals surface area contributed by atoms with Gasteiger partial charge in [-0.25, -0.2) is 0 Å². The highest BCUT2D eigenvalue weighted by Crippen LogP contribution is 2.23. The number of ether oxygens (including phenoxy) is 1. The molecule has 2 heteroatoms. The van der Waals surface area contributed by atoms with Crippen molar-refractivity contribution in [2.45, 2.75) is 66.9 Å². The summed E-state index contributed by atoms with van der Waals surface area (Å²) in [6.07, 6.45) is 1.81. The standard InChI is InChI=1S/C14H28O2/c1-10(2)8-12(5)13(15)16-14(6,7)9-11(3)4/h10-12H,8-9H2,1-7H3. The topological polar surface area (TPSA) is 26.3 Å². The molecule has 96 valence electrons. The molecule has 0 amide bonds. The molecule has 0 bridgehead atoms. The van der Waals surface area contributed by atoms with Crippen molar-refractivity contribution in [1.82, 2.24) is 0 Å². The van der Waals surface area contributed by atoms with E-state index in [1.54, 1.807) is 0 Å². The average molecular weight is 228 g/mol. The van der Waals surface area contributed by atoms with Crippen LogP contribution in [0, 0.1) is 17.8 Å². The van der Waals surface area contributed by atoms with E-state index in [9.17, 15) is 4.79 Å². The third-order valence-corrected chi connectivity index (χ3v) is 2.50. The van der Waals surface area contributed by atoms with E-state index in [1.165, 1.54) is 0 Å². The van der Waals surface area contributed by atoms with Gasteiger partial charge in [-0.2, -0.15) is 0 Å². The molecule has 0 radical (unpaired) electrons. The van der Waals surface area contributed by atoms with E-state index in [0.29, 0.717) is 11.8 Å². The van der Waals surface area contributed by atoms with Crippen LogP contribution < -0.4 is 0 Å². The van der Waals surface area contributed by atoms with E-state index in [4.69, 9.17) is 4.74 Å². The number of carbonyl (C=O) groups excluding carboxylic acids is 1. The lowest BCUT2D eigenvalue weighted by Gasteiger charge is -2.28. The predicted octanol–water partition coefficient (Wildman–Crippen LogP) is 4.04. The Morgan fingerprint density at radius 1 is 1.06 bits per heavy atom. The molecule has 0 saturated carbocycles. The Kier molecular flexibility index (Phi) is 6.06. The van der Waals surface area contributed by atoms with Crippen molar-refractivity contribution in [3.8, 4) is 0 Å². The van der Waals surface area contributed by atoms with E-state index in [1.807, 2.05) is 20.8 Å². The molecule has 0 aromatic carbocycles. The summed E-state index contributed by atoms with van der Waals surface area (Å²) < 4.78 is 5.57. The Hall–Kier alpha value is -0.530. The van der Waals surface area contributed by atoms with Crippen LogP contribution in [0.1, 0.15) is 61.3 Å². The lowest BCUT2D eigenvalue weighted by Crippen LogP contribution is -2.32. The Bertz CT molecular complexity index is 217. The summed E-state index contributed by atoms with van der Waals surface area (Å²) in [5, 5.41) is 0. The van der Waals surface area contributed by atoms with Crippen LogP contribution in [0.4, 0.5) is 0 Å². The Morgan fingerprint density at radius 2 is 1.56 bits per heavy atom. The van der Waals surface area contributed by atoms with Gasteiger partial charge in [0.05, 0.1) is 5.92 Å². The molecule has 0 rings (SSSR count). The van der Waals surface area contributed by atoms with Crippen LogP contribution in [-0.4, -0.2) is 11.6 Å². The molecular weight excluding hydrogens is 200 g/mol. The summed E-state index contributed by atoms with van der Waals surface area (Å²) in [5.41, 5.74) is -0.337. The molecule has 1 unspecified atom stereocenters. The lowest BCUT2D eigenvalue weighted by atomic mass is 9.95. The second-order valence-corrected chi connectivity index (χ2v) is 6.31. The van der Waals surface area contributed by atoms with Crippen LogP contribution in [-0.2, 0) is 9.53 Å². The molecule has 16 heavy (non-hydrogen) atoms. The summed E-state index contributed by atoms with van der Waals surface area (Å²) in [5.74, 6) is 1.03. The number of carbonyl (C=O) groups is 1. The zero-order chi connectivity index (χ0) is 12.9. The fourth-order valence-electron chi connectivity index (χ4n) is 2.20. The number of rotatable bonds is 6. The maximum Gasteiger partial charge on any atom is 0.309 e. The Morgan fingerprint density at radius 3 is 1.94 bits per heavy atom. The van der Waals surface area contributed by atoms with Gasteiger partial charge in [-0.3, -0.25) is 4.79 Å². The zero-order valence-corrected chi connectivity index (χ0v) is 12.0. The van der Waals surface area contributed by atoms with Gasteiger partial charge in [0.2, 0.25) is 0 Å². The van der Waals surface area contributed by atoms with Crippen LogP contribution in [0.25, 0.3) is 0 Å². The van der Waals surface area contributed by atoms with Crippen LogP contribution in [0.5, 0.6) is 0 Å². The highest BCUT2D eigenvalue weighted by Gasteiger charge is 2.27. The third-order valence-electron chi connectivity index (χ3n) is 2.50. The zero-order valence-electron chi connectivity index (χ0n) is 12.0. The molecular formula is C14H28O2. The van der Waals surface area contributed by atoms with E-state index in [2.05, 4.69) is 27.7 Å². The van der Waals surface area contributed by atoms with Gasteiger partial charge in [0.1, 0.15) is 5.60 Å². The van der Waals surface area contributed by atoms with Gasteiger partial charge in [-0.1, -0.05) is 34.6 Å². The maximum absolute atomic E-state index is 11.9. The van der Waals surface area contributed by atoms with E-state index in [-0.39, 0.29) is 17.5 Å². The van der Waals surface area contributed by atoms with Gasteiger partial charge in [0, 0.05) is 0 Å². The number of esters is 1. The SMILES string of the molecule is CC(C)CC(C)C(=O)OC(C)(C)CC(C)C. The van der Waals surface area contributed by atoms with Gasteiger partial charge in [-0.15, -0.1) is 0 Å². The molecule has 0 aromatic heterocycles. The Labute approximate surface area is 101 Å². The van der Waals surface area contributed by atoms with Gasteiger partial charge < -0.3 is 4.74 Å². The van der Waals surface area contributed by atoms with Crippen molar-refractivity contribution in [3.63, 3.8) is 0 Å². The second-order valence-electron chi connectivity index (χ2n) is 6.31. The van der Waals surface area contributed by atoms with E-state index >= 15 is 0 Å². The van der Waals surface area contributed by atoms with E-state index in [0.717, 1.165) is 12.8 Å². The van der Waals surface area contributed by atoms with Crippen molar-refractivity contribution >= 4 is 5.97 Å². The van der Waals surface area contributed by atoms with Crippen molar-refractivity contribution < 1.29 is 9.53 Å². The molecule has 0 aromatic rings. The average Bonchev–Trinajstić information content (AvgIpc) is 1.98. The Balaban J connectivity index is 4.21. The monoisotopic (exact) mass is 228 g/mol. The highest BCUT2D eigenvalue weighted by molar-refractivity contribution is 5.72. The molecule has 0 aliphatic heterocycles. The van der Waals surface area contributed by atoms with Gasteiger partial charge in [0.15, 0.2) is 0 Å². The molecule has 1 atom stereocenters. The number of hydrogen-bond acceptors (Lipinski definition) is 2. The molecule has 2 nitrogen and oxygen atoms in total. The third kappa shape index (κ3) is 6.86. The van der Waals surface area contributed by atoms with E-state index < -0.39 is 0 Å². The molecule has 0 spiro atoms. The minimum Gasteiger partial charge on any atom is -0.459 e. The molecule has 0 saturated heterocycles. The summed E-state index contributed by atoms with van der Waals surface area (Å²) in [7, 11) is 0. The fourth-order valence-corrected chi connectivity index (χ4v) is 2.20. The largest absolute Gasteiger partial charge is 0.459 e. The summed E-state index contributed by atoms with van der Waals surface area (Å²) in [4.78, 5) is 11.9. The molecule has 0 heterocycles. The van der Waals surface area contributed by atoms with Crippen LogP contribution in [0.2, 0.25) is 0 Å². The predicted molar refractivity (Wildman–Crippen MR) is 68.2 cm³/mol. The minimum absolute atomic E-state index is 0.00596. The van der Waals surface area contributed by atoms with Crippen molar-refractivity contribution in [2.75, 3.05) is 0 Å². The first-order valence-electron chi connectivity index (χ1n) is 6.37. The highest BCUT2D eigenvalue weighted by atomic mass is 16.6. The van der Waals surface area contributed by atoms with Gasteiger partial charge in [0.25, 0.3) is 0 Å². The van der Waals surface area contributed by atoms with Gasteiger partial charge in [-0.05, 0) is 38.5 Å². The summed E-state index contributed by atoms with van der Waals surface area (Å²) in [6.45, 7) is 14.5. The normalized spacial score (nSPS) is 14.3. The van der Waals surface area contributed by atoms with Crippen molar-refractivity contribution in [1.29, 1.82) is 0 Å². The summed E-state index contributed by atoms with van der Waals surface area (Å²) >= 11 is 0. The number of hydrogen-bond donors (Lipinski definition) is 0. The van der Waals surface area contributed by atoms with Gasteiger partial charge >= 0.3 is 5.97 Å². The second kappa shape index (κ2) is 6.27. The smallest absolute Gasteiger partial charge is 0.309 e. The fraction of sp³-hybridized carbons (Fsp3) is 0.929.